The standard InChI is InChI=1S/C14H22BrNS/c1-2-16-14-7-5-3-4-6-11(14)8-13-9-12(15)10-17-13/h9-11,14,16H,2-8H2,1H3. The lowest BCUT2D eigenvalue weighted by Crippen LogP contribution is -2.36. The Morgan fingerprint density at radius 2 is 2.18 bits per heavy atom. The van der Waals surface area contributed by atoms with E-state index in [4.69, 9.17) is 0 Å². The zero-order valence-electron chi connectivity index (χ0n) is 10.5. The summed E-state index contributed by atoms with van der Waals surface area (Å²) >= 11 is 5.45. The van der Waals surface area contributed by atoms with Crippen molar-refractivity contribution in [2.24, 2.45) is 5.92 Å². The third-order valence-corrected chi connectivity index (χ3v) is 5.43. The molecular formula is C14H22BrNS. The largest absolute Gasteiger partial charge is 0.314 e. The van der Waals surface area contributed by atoms with Crippen LogP contribution in [0, 0.1) is 5.92 Å². The minimum Gasteiger partial charge on any atom is -0.314 e. The van der Waals surface area contributed by atoms with Gasteiger partial charge in [0.25, 0.3) is 0 Å². The fraction of sp³-hybridized carbons (Fsp3) is 0.714. The highest BCUT2D eigenvalue weighted by atomic mass is 79.9. The molecule has 0 amide bonds. The fourth-order valence-electron chi connectivity index (χ4n) is 2.88. The number of thiophene rings is 1. The Balaban J connectivity index is 1.99. The van der Waals surface area contributed by atoms with Gasteiger partial charge in [0.15, 0.2) is 0 Å². The topological polar surface area (TPSA) is 12.0 Å². The van der Waals surface area contributed by atoms with Crippen LogP contribution in [0.15, 0.2) is 15.9 Å². The van der Waals surface area contributed by atoms with E-state index >= 15 is 0 Å². The van der Waals surface area contributed by atoms with Crippen molar-refractivity contribution in [1.29, 1.82) is 0 Å². The zero-order chi connectivity index (χ0) is 12.1. The van der Waals surface area contributed by atoms with Crippen LogP contribution < -0.4 is 5.32 Å². The van der Waals surface area contributed by atoms with E-state index in [2.05, 4.69) is 39.6 Å². The molecule has 2 unspecified atom stereocenters. The van der Waals surface area contributed by atoms with Gasteiger partial charge in [0.2, 0.25) is 0 Å². The average molecular weight is 316 g/mol. The predicted molar refractivity (Wildman–Crippen MR) is 79.8 cm³/mol. The molecule has 0 spiro atoms. The minimum atomic E-state index is 0.739. The second-order valence-electron chi connectivity index (χ2n) is 5.00. The van der Waals surface area contributed by atoms with Gasteiger partial charge in [0.1, 0.15) is 0 Å². The summed E-state index contributed by atoms with van der Waals surface area (Å²) in [5.41, 5.74) is 0. The average Bonchev–Trinajstić information content (AvgIpc) is 2.58. The molecule has 1 aliphatic rings. The lowest BCUT2D eigenvalue weighted by molar-refractivity contribution is 0.339. The monoisotopic (exact) mass is 315 g/mol. The third-order valence-electron chi connectivity index (χ3n) is 3.71. The van der Waals surface area contributed by atoms with Crippen LogP contribution in [0.25, 0.3) is 0 Å². The Morgan fingerprint density at radius 1 is 1.35 bits per heavy atom. The first-order chi connectivity index (χ1) is 8.29. The van der Waals surface area contributed by atoms with Gasteiger partial charge < -0.3 is 5.32 Å². The Hall–Kier alpha value is 0.140. The molecular weight excluding hydrogens is 294 g/mol. The first kappa shape index (κ1) is 13.6. The van der Waals surface area contributed by atoms with Crippen molar-refractivity contribution in [2.75, 3.05) is 6.54 Å². The van der Waals surface area contributed by atoms with Crippen LogP contribution in [0.1, 0.15) is 43.9 Å². The van der Waals surface area contributed by atoms with E-state index in [1.54, 1.807) is 0 Å². The minimum absolute atomic E-state index is 0.739. The molecule has 96 valence electrons. The van der Waals surface area contributed by atoms with E-state index < -0.39 is 0 Å². The van der Waals surface area contributed by atoms with Crippen LogP contribution >= 0.6 is 27.3 Å². The lowest BCUT2D eigenvalue weighted by atomic mass is 9.91. The smallest absolute Gasteiger partial charge is 0.0285 e. The summed E-state index contributed by atoms with van der Waals surface area (Å²) in [7, 11) is 0. The van der Waals surface area contributed by atoms with Gasteiger partial charge in [-0.1, -0.05) is 26.2 Å². The predicted octanol–water partition coefficient (Wildman–Crippen LogP) is 4.61. The lowest BCUT2D eigenvalue weighted by Gasteiger charge is -2.25. The molecule has 0 saturated heterocycles. The first-order valence-corrected chi connectivity index (χ1v) is 8.43. The van der Waals surface area contributed by atoms with E-state index in [1.165, 1.54) is 47.9 Å². The summed E-state index contributed by atoms with van der Waals surface area (Å²) in [5.74, 6) is 0.836. The van der Waals surface area contributed by atoms with Crippen molar-refractivity contribution in [3.63, 3.8) is 0 Å². The van der Waals surface area contributed by atoms with Crippen LogP contribution in [-0.2, 0) is 6.42 Å². The Kier molecular flexibility index (Phi) is 5.51. The summed E-state index contributed by atoms with van der Waals surface area (Å²) in [6.07, 6.45) is 8.26. The van der Waals surface area contributed by atoms with Crippen LogP contribution in [0.5, 0.6) is 0 Å². The number of hydrogen-bond acceptors (Lipinski definition) is 2. The Bertz CT molecular complexity index is 337. The molecule has 1 fully saturated rings. The van der Waals surface area contributed by atoms with Gasteiger partial charge in [-0.2, -0.15) is 0 Å². The second kappa shape index (κ2) is 6.91. The van der Waals surface area contributed by atoms with Crippen LogP contribution in [0.2, 0.25) is 0 Å². The zero-order valence-corrected chi connectivity index (χ0v) is 12.9. The molecule has 2 atom stereocenters. The van der Waals surface area contributed by atoms with E-state index in [0.717, 1.165) is 18.5 Å². The Labute approximate surface area is 117 Å². The van der Waals surface area contributed by atoms with Crippen molar-refractivity contribution >= 4 is 27.3 Å². The van der Waals surface area contributed by atoms with Crippen molar-refractivity contribution in [3.05, 3.63) is 20.8 Å². The molecule has 17 heavy (non-hydrogen) atoms. The molecule has 0 radical (unpaired) electrons. The van der Waals surface area contributed by atoms with Gasteiger partial charge in [-0.25, -0.2) is 0 Å². The van der Waals surface area contributed by atoms with Crippen molar-refractivity contribution < 1.29 is 0 Å². The maximum absolute atomic E-state index is 3.69. The number of nitrogens with one attached hydrogen (secondary N) is 1. The molecule has 2 rings (SSSR count). The molecule has 1 aromatic heterocycles. The maximum atomic E-state index is 3.69. The molecule has 1 N–H and O–H groups in total. The molecule has 1 saturated carbocycles. The molecule has 1 heterocycles. The SMILES string of the molecule is CCNC1CCCCCC1Cc1cc(Br)cs1. The number of halogens is 1. The molecule has 1 aromatic rings. The summed E-state index contributed by atoms with van der Waals surface area (Å²) in [4.78, 5) is 1.53. The molecule has 1 aliphatic carbocycles. The quantitative estimate of drug-likeness (QED) is 0.800. The normalized spacial score (nSPS) is 25.8. The maximum Gasteiger partial charge on any atom is 0.0285 e. The van der Waals surface area contributed by atoms with Crippen molar-refractivity contribution in [2.45, 2.75) is 51.5 Å². The highest BCUT2D eigenvalue weighted by Gasteiger charge is 2.23. The Morgan fingerprint density at radius 3 is 2.88 bits per heavy atom. The first-order valence-electron chi connectivity index (χ1n) is 6.76. The van der Waals surface area contributed by atoms with Gasteiger partial charge >= 0.3 is 0 Å². The highest BCUT2D eigenvalue weighted by Crippen LogP contribution is 2.29. The van der Waals surface area contributed by atoms with Gasteiger partial charge in [-0.15, -0.1) is 11.3 Å². The molecule has 1 nitrogen and oxygen atoms in total. The number of rotatable bonds is 4. The third kappa shape index (κ3) is 4.08. The molecule has 0 aromatic carbocycles. The van der Waals surface area contributed by atoms with Crippen molar-refractivity contribution in [3.8, 4) is 0 Å². The van der Waals surface area contributed by atoms with Crippen LogP contribution in [0.3, 0.4) is 0 Å². The summed E-state index contributed by atoms with van der Waals surface area (Å²) in [5, 5.41) is 5.90. The summed E-state index contributed by atoms with van der Waals surface area (Å²) in [6, 6.07) is 3.03. The van der Waals surface area contributed by atoms with E-state index in [1.807, 2.05) is 11.3 Å². The fourth-order valence-corrected chi connectivity index (χ4v) is 4.42. The van der Waals surface area contributed by atoms with Gasteiger partial charge in [0.05, 0.1) is 0 Å². The van der Waals surface area contributed by atoms with E-state index in [0.29, 0.717) is 0 Å². The van der Waals surface area contributed by atoms with Gasteiger partial charge in [-0.3, -0.25) is 0 Å². The van der Waals surface area contributed by atoms with E-state index in [9.17, 15) is 0 Å². The van der Waals surface area contributed by atoms with Gasteiger partial charge in [0, 0.05) is 20.8 Å². The summed E-state index contributed by atoms with van der Waals surface area (Å²) < 4.78 is 1.24. The molecule has 0 bridgehead atoms. The highest BCUT2D eigenvalue weighted by molar-refractivity contribution is 9.10. The molecule has 0 aliphatic heterocycles. The van der Waals surface area contributed by atoms with Gasteiger partial charge in [-0.05, 0) is 53.7 Å². The van der Waals surface area contributed by atoms with E-state index in [-0.39, 0.29) is 0 Å². The van der Waals surface area contributed by atoms with Crippen molar-refractivity contribution in [1.82, 2.24) is 5.32 Å². The van der Waals surface area contributed by atoms with Crippen LogP contribution in [-0.4, -0.2) is 12.6 Å². The molecule has 3 heteroatoms. The summed E-state index contributed by atoms with van der Waals surface area (Å²) in [6.45, 7) is 3.33. The van der Waals surface area contributed by atoms with Crippen LogP contribution in [0.4, 0.5) is 0 Å². The second-order valence-corrected chi connectivity index (χ2v) is 6.91. The number of hydrogen-bond donors (Lipinski definition) is 1.